The minimum atomic E-state index is -0.540. The Morgan fingerprint density at radius 1 is 1.03 bits per heavy atom. The van der Waals surface area contributed by atoms with Crippen molar-refractivity contribution in [3.05, 3.63) is 86.8 Å². The van der Waals surface area contributed by atoms with Crippen molar-refractivity contribution < 1.29 is 14.3 Å². The second-order valence-electron chi connectivity index (χ2n) is 8.12. The van der Waals surface area contributed by atoms with Gasteiger partial charge in [-0.15, -0.1) is 0 Å². The first kappa shape index (κ1) is 26.3. The summed E-state index contributed by atoms with van der Waals surface area (Å²) in [4.78, 5) is 25.1. The number of hydrogen-bond acceptors (Lipinski definition) is 5. The van der Waals surface area contributed by atoms with Crippen LogP contribution in [-0.2, 0) is 11.8 Å². The van der Waals surface area contributed by atoms with Crippen molar-refractivity contribution in [2.45, 2.75) is 6.92 Å². The molecule has 9 nitrogen and oxygen atoms in total. The maximum Gasteiger partial charge on any atom is 0.324 e. The van der Waals surface area contributed by atoms with Crippen LogP contribution in [-0.4, -0.2) is 40.7 Å². The number of halogens is 2. The molecule has 2 aromatic heterocycles. The van der Waals surface area contributed by atoms with Crippen molar-refractivity contribution in [3.8, 4) is 22.7 Å². The highest BCUT2D eigenvalue weighted by Crippen LogP contribution is 2.35. The molecule has 2 heterocycles. The first-order chi connectivity index (χ1) is 17.8. The SMILES string of the molecule is COCCOc1cc(Cl)c(Cl)cc1NC(=O)Nc1c(C)c(-c2ccc(=O)n(C)c2)nn1-c1ccccc1. The number of nitrogens with one attached hydrogen (secondary N) is 2. The summed E-state index contributed by atoms with van der Waals surface area (Å²) < 4.78 is 13.9. The molecule has 37 heavy (non-hydrogen) atoms. The predicted molar refractivity (Wildman–Crippen MR) is 145 cm³/mol. The number of methoxy groups -OCH3 is 1. The second-order valence-corrected chi connectivity index (χ2v) is 8.93. The molecule has 0 aliphatic heterocycles. The molecule has 2 aromatic carbocycles. The summed E-state index contributed by atoms with van der Waals surface area (Å²) in [7, 11) is 3.23. The van der Waals surface area contributed by atoms with Gasteiger partial charge in [-0.3, -0.25) is 10.1 Å². The number of aromatic nitrogens is 3. The number of carbonyl (C=O) groups excluding carboxylic acids is 1. The Hall–Kier alpha value is -3.79. The van der Waals surface area contributed by atoms with Crippen LogP contribution in [0.4, 0.5) is 16.3 Å². The van der Waals surface area contributed by atoms with E-state index in [1.807, 2.05) is 37.3 Å². The minimum Gasteiger partial charge on any atom is -0.489 e. The molecular weight excluding hydrogens is 517 g/mol. The van der Waals surface area contributed by atoms with Crippen LogP contribution >= 0.6 is 23.2 Å². The molecule has 4 aromatic rings. The molecule has 0 saturated heterocycles. The summed E-state index contributed by atoms with van der Waals surface area (Å²) in [6, 6.07) is 15.1. The largest absolute Gasteiger partial charge is 0.489 e. The van der Waals surface area contributed by atoms with E-state index in [2.05, 4.69) is 10.6 Å². The zero-order valence-corrected chi connectivity index (χ0v) is 21.9. The molecule has 0 aliphatic rings. The van der Waals surface area contributed by atoms with Crippen LogP contribution in [0.5, 0.6) is 5.75 Å². The van der Waals surface area contributed by atoms with E-state index in [0.717, 1.165) is 11.3 Å². The van der Waals surface area contributed by atoms with Gasteiger partial charge >= 0.3 is 6.03 Å². The van der Waals surface area contributed by atoms with Crippen LogP contribution in [0.15, 0.2) is 65.6 Å². The summed E-state index contributed by atoms with van der Waals surface area (Å²) in [6.45, 7) is 2.46. The lowest BCUT2D eigenvalue weighted by atomic mass is 10.1. The molecule has 0 spiro atoms. The Kier molecular flexibility index (Phi) is 8.17. The molecule has 0 atom stereocenters. The predicted octanol–water partition coefficient (Wildman–Crippen LogP) is 5.52. The highest BCUT2D eigenvalue weighted by atomic mass is 35.5. The number of nitrogens with zero attached hydrogens (tertiary/aromatic N) is 3. The van der Waals surface area contributed by atoms with E-state index in [4.69, 9.17) is 37.8 Å². The van der Waals surface area contributed by atoms with Gasteiger partial charge in [0.2, 0.25) is 5.56 Å². The number of pyridine rings is 1. The molecule has 0 saturated carbocycles. The fraction of sp³-hybridized carbons (Fsp3) is 0.192. The standard InChI is InChI=1S/C26H25Cl2N5O4/c1-16-24(17-9-10-23(34)32(2)15-17)31-33(18-7-5-4-6-8-18)25(16)30-26(35)29-21-13-19(27)20(28)14-22(21)37-12-11-36-3/h4-10,13-15H,11-12H2,1-3H3,(H2,29,30,35). The van der Waals surface area contributed by atoms with Crippen LogP contribution in [0.1, 0.15) is 5.56 Å². The van der Waals surface area contributed by atoms with Crippen LogP contribution in [0.25, 0.3) is 16.9 Å². The van der Waals surface area contributed by atoms with E-state index in [1.165, 1.54) is 22.8 Å². The summed E-state index contributed by atoms with van der Waals surface area (Å²) >= 11 is 12.3. The number of benzene rings is 2. The lowest BCUT2D eigenvalue weighted by Gasteiger charge is -2.15. The topological polar surface area (TPSA) is 99.4 Å². The van der Waals surface area contributed by atoms with Gasteiger partial charge in [0.05, 0.1) is 33.7 Å². The van der Waals surface area contributed by atoms with Gasteiger partial charge in [0.1, 0.15) is 18.2 Å². The van der Waals surface area contributed by atoms with Gasteiger partial charge in [-0.1, -0.05) is 41.4 Å². The Labute approximate surface area is 223 Å². The fourth-order valence-electron chi connectivity index (χ4n) is 3.65. The average Bonchev–Trinajstić information content (AvgIpc) is 3.20. The van der Waals surface area contributed by atoms with E-state index >= 15 is 0 Å². The summed E-state index contributed by atoms with van der Waals surface area (Å²) in [5, 5.41) is 11.0. The third kappa shape index (κ3) is 5.96. The van der Waals surface area contributed by atoms with E-state index < -0.39 is 6.03 Å². The quantitative estimate of drug-likeness (QED) is 0.286. The summed E-state index contributed by atoms with van der Waals surface area (Å²) in [5.41, 5.74) is 3.01. The van der Waals surface area contributed by atoms with Gasteiger partial charge in [-0.05, 0) is 31.2 Å². The molecule has 0 aliphatic carbocycles. The maximum atomic E-state index is 13.2. The molecule has 2 N–H and O–H groups in total. The Bertz CT molecular complexity index is 1480. The number of amides is 2. The van der Waals surface area contributed by atoms with Gasteiger partial charge in [0, 0.05) is 43.6 Å². The molecule has 0 bridgehead atoms. The van der Waals surface area contributed by atoms with Crippen molar-refractivity contribution in [2.24, 2.45) is 7.05 Å². The van der Waals surface area contributed by atoms with E-state index in [1.54, 1.807) is 31.1 Å². The molecule has 0 radical (unpaired) electrons. The Balaban J connectivity index is 1.69. The zero-order chi connectivity index (χ0) is 26.5. The van der Waals surface area contributed by atoms with Crippen molar-refractivity contribution in [1.29, 1.82) is 0 Å². The molecule has 0 unspecified atom stereocenters. The van der Waals surface area contributed by atoms with Crippen molar-refractivity contribution in [3.63, 3.8) is 0 Å². The number of urea groups is 1. The van der Waals surface area contributed by atoms with Crippen LogP contribution in [0.2, 0.25) is 10.0 Å². The number of carbonyl (C=O) groups is 1. The van der Waals surface area contributed by atoms with E-state index in [9.17, 15) is 9.59 Å². The first-order valence-electron chi connectivity index (χ1n) is 11.3. The molecule has 0 fully saturated rings. The maximum absolute atomic E-state index is 13.2. The fourth-order valence-corrected chi connectivity index (χ4v) is 3.97. The van der Waals surface area contributed by atoms with Crippen molar-refractivity contribution in [1.82, 2.24) is 14.3 Å². The lowest BCUT2D eigenvalue weighted by Crippen LogP contribution is -2.22. The molecule has 192 valence electrons. The Morgan fingerprint density at radius 2 is 1.76 bits per heavy atom. The van der Waals surface area contributed by atoms with E-state index in [-0.39, 0.29) is 17.2 Å². The lowest BCUT2D eigenvalue weighted by molar-refractivity contribution is 0.146. The van der Waals surface area contributed by atoms with Gasteiger partial charge < -0.3 is 19.4 Å². The molecule has 4 rings (SSSR count). The molecule has 11 heteroatoms. The normalized spacial score (nSPS) is 10.8. The second kappa shape index (κ2) is 11.5. The van der Waals surface area contributed by atoms with Gasteiger partial charge in [-0.2, -0.15) is 5.10 Å². The number of aryl methyl sites for hydroxylation is 1. The van der Waals surface area contributed by atoms with Crippen LogP contribution in [0.3, 0.4) is 0 Å². The smallest absolute Gasteiger partial charge is 0.324 e. The molecule has 2 amide bonds. The van der Waals surface area contributed by atoms with Crippen LogP contribution in [0, 0.1) is 6.92 Å². The number of anilines is 2. The van der Waals surface area contributed by atoms with Gasteiger partial charge in [0.25, 0.3) is 0 Å². The van der Waals surface area contributed by atoms with Crippen LogP contribution < -0.4 is 20.9 Å². The Morgan fingerprint density at radius 3 is 2.46 bits per heavy atom. The summed E-state index contributed by atoms with van der Waals surface area (Å²) in [5.74, 6) is 0.801. The first-order valence-corrected chi connectivity index (χ1v) is 12.0. The highest BCUT2D eigenvalue weighted by Gasteiger charge is 2.20. The zero-order valence-electron chi connectivity index (χ0n) is 20.4. The van der Waals surface area contributed by atoms with Gasteiger partial charge in [-0.25, -0.2) is 9.48 Å². The third-order valence-corrected chi connectivity index (χ3v) is 6.25. The van der Waals surface area contributed by atoms with Gasteiger partial charge in [0.15, 0.2) is 0 Å². The average molecular weight is 542 g/mol. The highest BCUT2D eigenvalue weighted by molar-refractivity contribution is 6.42. The molecular formula is C26H25Cl2N5O4. The monoisotopic (exact) mass is 541 g/mol. The van der Waals surface area contributed by atoms with Crippen molar-refractivity contribution in [2.75, 3.05) is 31.0 Å². The van der Waals surface area contributed by atoms with E-state index in [0.29, 0.717) is 40.1 Å². The number of rotatable bonds is 8. The number of hydrogen-bond donors (Lipinski definition) is 2. The summed E-state index contributed by atoms with van der Waals surface area (Å²) in [6.07, 6.45) is 1.70. The van der Waals surface area contributed by atoms with Crippen molar-refractivity contribution >= 4 is 40.7 Å². The minimum absolute atomic E-state index is 0.133. The number of para-hydroxylation sites is 1. The third-order valence-electron chi connectivity index (χ3n) is 5.53. The number of ether oxygens (including phenoxy) is 2.